The van der Waals surface area contributed by atoms with Crippen LogP contribution in [0.2, 0.25) is 0 Å². The lowest BCUT2D eigenvalue weighted by Crippen LogP contribution is -2.46. The fraction of sp³-hybridized carbons (Fsp3) is 0.421. The van der Waals surface area contributed by atoms with Crippen molar-refractivity contribution in [2.24, 2.45) is 0 Å². The van der Waals surface area contributed by atoms with Gasteiger partial charge in [0.25, 0.3) is 0 Å². The minimum Gasteiger partial charge on any atom is -0.369 e. The summed E-state index contributed by atoms with van der Waals surface area (Å²) < 4.78 is 38.6. The van der Waals surface area contributed by atoms with Crippen LogP contribution >= 0.6 is 0 Å². The predicted molar refractivity (Wildman–Crippen MR) is 100.0 cm³/mol. The van der Waals surface area contributed by atoms with Crippen molar-refractivity contribution in [2.45, 2.75) is 12.6 Å². The number of nitrogens with zero attached hydrogens (tertiary/aromatic N) is 5. The summed E-state index contributed by atoms with van der Waals surface area (Å²) in [6.45, 7) is 4.51. The van der Waals surface area contributed by atoms with Gasteiger partial charge in [-0.3, -0.25) is 4.90 Å². The molecule has 1 N–H and O–H groups in total. The van der Waals surface area contributed by atoms with E-state index in [4.69, 9.17) is 5.26 Å². The highest BCUT2D eigenvalue weighted by Crippen LogP contribution is 2.31. The second-order valence-electron chi connectivity index (χ2n) is 6.52. The van der Waals surface area contributed by atoms with E-state index < -0.39 is 11.7 Å². The maximum Gasteiger partial charge on any atom is 0.416 e. The van der Waals surface area contributed by atoms with Gasteiger partial charge in [-0.15, -0.1) is 0 Å². The Hall–Kier alpha value is -2.86. The maximum atomic E-state index is 12.9. The van der Waals surface area contributed by atoms with Gasteiger partial charge in [0.05, 0.1) is 5.56 Å². The molecule has 1 aromatic carbocycles. The van der Waals surface area contributed by atoms with Crippen LogP contribution in [0.15, 0.2) is 36.7 Å². The third kappa shape index (κ3) is 5.10. The third-order valence-electron chi connectivity index (χ3n) is 4.66. The molecule has 0 amide bonds. The van der Waals surface area contributed by atoms with Crippen molar-refractivity contribution in [2.75, 3.05) is 49.5 Å². The zero-order chi connectivity index (χ0) is 20.0. The van der Waals surface area contributed by atoms with Crippen LogP contribution in [-0.2, 0) is 6.18 Å². The standard InChI is InChI=1S/C19H21F3N6/c20-19(21,22)15-3-1-4-16(13-15)28-11-9-27(10-12-28)8-2-5-25-18-17(14-23)24-6-7-26-18/h1,3-4,6-7,13H,2,5,8-12H2,(H,25,26). The number of rotatable bonds is 6. The van der Waals surface area contributed by atoms with Crippen molar-refractivity contribution in [3.8, 4) is 6.07 Å². The molecular formula is C19H21F3N6. The van der Waals surface area contributed by atoms with Gasteiger partial charge in [-0.05, 0) is 31.2 Å². The fourth-order valence-electron chi connectivity index (χ4n) is 3.17. The van der Waals surface area contributed by atoms with Gasteiger partial charge >= 0.3 is 6.18 Å². The molecule has 0 spiro atoms. The summed E-state index contributed by atoms with van der Waals surface area (Å²) in [6, 6.07) is 7.49. The van der Waals surface area contributed by atoms with Crippen molar-refractivity contribution < 1.29 is 13.2 Å². The normalized spacial score (nSPS) is 15.3. The minimum atomic E-state index is -4.32. The van der Waals surface area contributed by atoms with E-state index >= 15 is 0 Å². The molecule has 0 radical (unpaired) electrons. The molecule has 0 bridgehead atoms. The number of hydrogen-bond donors (Lipinski definition) is 1. The molecule has 2 heterocycles. The van der Waals surface area contributed by atoms with Crippen LogP contribution < -0.4 is 10.2 Å². The lowest BCUT2D eigenvalue weighted by Gasteiger charge is -2.36. The monoisotopic (exact) mass is 390 g/mol. The van der Waals surface area contributed by atoms with E-state index in [1.807, 2.05) is 11.0 Å². The molecule has 0 atom stereocenters. The smallest absolute Gasteiger partial charge is 0.369 e. The first-order chi connectivity index (χ1) is 13.5. The van der Waals surface area contributed by atoms with E-state index in [9.17, 15) is 13.2 Å². The number of benzene rings is 1. The van der Waals surface area contributed by atoms with Crippen molar-refractivity contribution in [3.63, 3.8) is 0 Å². The van der Waals surface area contributed by atoms with Crippen LogP contribution in [0.3, 0.4) is 0 Å². The lowest BCUT2D eigenvalue weighted by atomic mass is 10.1. The summed E-state index contributed by atoms with van der Waals surface area (Å²) in [6.07, 6.45) is -0.436. The largest absolute Gasteiger partial charge is 0.416 e. The number of nitrogens with one attached hydrogen (secondary N) is 1. The second kappa shape index (κ2) is 8.89. The molecule has 28 heavy (non-hydrogen) atoms. The van der Waals surface area contributed by atoms with Gasteiger partial charge in [-0.2, -0.15) is 18.4 Å². The molecular weight excluding hydrogens is 369 g/mol. The Labute approximate surface area is 161 Å². The summed E-state index contributed by atoms with van der Waals surface area (Å²) >= 11 is 0. The zero-order valence-electron chi connectivity index (χ0n) is 15.3. The first-order valence-corrected chi connectivity index (χ1v) is 9.07. The molecule has 9 heteroatoms. The summed E-state index contributed by atoms with van der Waals surface area (Å²) in [5.74, 6) is 0.486. The maximum absolute atomic E-state index is 12.9. The van der Waals surface area contributed by atoms with E-state index in [0.29, 0.717) is 31.1 Å². The van der Waals surface area contributed by atoms with E-state index in [1.54, 1.807) is 6.07 Å². The fourth-order valence-corrected chi connectivity index (χ4v) is 3.17. The van der Waals surface area contributed by atoms with Crippen LogP contribution in [0.25, 0.3) is 0 Å². The molecule has 1 fully saturated rings. The Kier molecular flexibility index (Phi) is 6.31. The quantitative estimate of drug-likeness (QED) is 0.765. The molecule has 1 aliphatic rings. The van der Waals surface area contributed by atoms with Crippen LogP contribution in [0.1, 0.15) is 17.7 Å². The predicted octanol–water partition coefficient (Wildman–Crippen LogP) is 2.99. The first kappa shape index (κ1) is 19.9. The summed E-state index contributed by atoms with van der Waals surface area (Å²) in [5.41, 5.74) is 0.277. The van der Waals surface area contributed by atoms with Crippen LogP contribution in [-0.4, -0.2) is 54.1 Å². The molecule has 148 valence electrons. The van der Waals surface area contributed by atoms with Crippen molar-refractivity contribution in [1.29, 1.82) is 5.26 Å². The highest BCUT2D eigenvalue weighted by Gasteiger charge is 2.31. The minimum absolute atomic E-state index is 0.275. The zero-order valence-corrected chi connectivity index (χ0v) is 15.3. The second-order valence-corrected chi connectivity index (χ2v) is 6.52. The van der Waals surface area contributed by atoms with Gasteiger partial charge in [-0.25, -0.2) is 9.97 Å². The molecule has 0 unspecified atom stereocenters. The lowest BCUT2D eigenvalue weighted by molar-refractivity contribution is -0.137. The number of piperazine rings is 1. The highest BCUT2D eigenvalue weighted by atomic mass is 19.4. The molecule has 3 rings (SSSR count). The summed E-state index contributed by atoms with van der Waals surface area (Å²) in [7, 11) is 0. The number of anilines is 2. The highest BCUT2D eigenvalue weighted by molar-refractivity contribution is 5.49. The van der Waals surface area contributed by atoms with Crippen LogP contribution in [0.5, 0.6) is 0 Å². The van der Waals surface area contributed by atoms with Crippen LogP contribution in [0, 0.1) is 11.3 Å². The van der Waals surface area contributed by atoms with Gasteiger partial charge in [0.1, 0.15) is 6.07 Å². The summed E-state index contributed by atoms with van der Waals surface area (Å²) in [5, 5.41) is 12.1. The third-order valence-corrected chi connectivity index (χ3v) is 4.66. The molecule has 2 aromatic rings. The van der Waals surface area contributed by atoms with Gasteiger partial charge < -0.3 is 10.2 Å². The molecule has 6 nitrogen and oxygen atoms in total. The van der Waals surface area contributed by atoms with E-state index in [-0.39, 0.29) is 5.69 Å². The number of nitriles is 1. The number of aromatic nitrogens is 2. The number of hydrogen-bond acceptors (Lipinski definition) is 6. The molecule has 1 aliphatic heterocycles. The van der Waals surface area contributed by atoms with Gasteiger partial charge in [0.15, 0.2) is 11.5 Å². The Morgan fingerprint density at radius 2 is 1.86 bits per heavy atom. The Morgan fingerprint density at radius 1 is 1.11 bits per heavy atom. The van der Waals surface area contributed by atoms with Gasteiger partial charge in [0.2, 0.25) is 0 Å². The number of halogens is 3. The number of alkyl halides is 3. The van der Waals surface area contributed by atoms with Gasteiger partial charge in [-0.1, -0.05) is 6.07 Å². The van der Waals surface area contributed by atoms with Crippen molar-refractivity contribution >= 4 is 11.5 Å². The van der Waals surface area contributed by atoms with Gasteiger partial charge in [0, 0.05) is 50.8 Å². The van der Waals surface area contributed by atoms with E-state index in [0.717, 1.165) is 32.1 Å². The Balaban J connectivity index is 1.43. The SMILES string of the molecule is N#Cc1nccnc1NCCCN1CCN(c2cccc(C(F)(F)F)c2)CC1. The average molecular weight is 390 g/mol. The van der Waals surface area contributed by atoms with E-state index in [2.05, 4.69) is 20.2 Å². The Morgan fingerprint density at radius 3 is 2.57 bits per heavy atom. The summed E-state index contributed by atoms with van der Waals surface area (Å²) in [4.78, 5) is 12.3. The molecule has 1 aromatic heterocycles. The van der Waals surface area contributed by atoms with Crippen LogP contribution in [0.4, 0.5) is 24.7 Å². The van der Waals surface area contributed by atoms with E-state index in [1.165, 1.54) is 24.5 Å². The Bertz CT molecular complexity index is 825. The molecule has 0 saturated carbocycles. The van der Waals surface area contributed by atoms with Crippen molar-refractivity contribution in [1.82, 2.24) is 14.9 Å². The molecule has 0 aliphatic carbocycles. The van der Waals surface area contributed by atoms with Crippen molar-refractivity contribution in [3.05, 3.63) is 47.9 Å². The molecule has 1 saturated heterocycles. The topological polar surface area (TPSA) is 68.1 Å². The average Bonchev–Trinajstić information content (AvgIpc) is 2.71. The first-order valence-electron chi connectivity index (χ1n) is 9.07.